The van der Waals surface area contributed by atoms with Gasteiger partial charge in [0, 0.05) is 37.1 Å². The van der Waals surface area contributed by atoms with E-state index in [1.165, 1.54) is 0 Å². The summed E-state index contributed by atoms with van der Waals surface area (Å²) in [5.74, 6) is 2.56. The molecule has 2 aromatic heterocycles. The average Bonchev–Trinajstić information content (AvgIpc) is 3.24. The zero-order valence-electron chi connectivity index (χ0n) is 18.3. The Labute approximate surface area is 185 Å². The lowest BCUT2D eigenvalue weighted by atomic mass is 10.1. The third-order valence-corrected chi connectivity index (χ3v) is 5.75. The fraction of sp³-hybridized carbons (Fsp3) is 0.304. The lowest BCUT2D eigenvalue weighted by Crippen LogP contribution is -2.49. The molecule has 9 heteroatoms. The number of rotatable bonds is 4. The van der Waals surface area contributed by atoms with Crippen LogP contribution in [-0.4, -0.2) is 70.8 Å². The first-order chi connectivity index (χ1) is 15.6. The van der Waals surface area contributed by atoms with Crippen molar-refractivity contribution >= 4 is 28.4 Å². The van der Waals surface area contributed by atoms with E-state index in [2.05, 4.69) is 15.0 Å². The zero-order valence-corrected chi connectivity index (χ0v) is 18.3. The minimum Gasteiger partial charge on any atom is -0.493 e. The van der Waals surface area contributed by atoms with Crippen LogP contribution < -0.4 is 14.4 Å². The number of hydrogen-bond donors (Lipinski definition) is 0. The number of hydrogen-bond acceptors (Lipinski definition) is 7. The number of benzene rings is 2. The molecule has 1 saturated heterocycles. The molecule has 1 amide bonds. The van der Waals surface area contributed by atoms with Gasteiger partial charge in [-0.2, -0.15) is 4.52 Å². The van der Waals surface area contributed by atoms with Crippen LogP contribution in [0.4, 0.5) is 5.95 Å². The van der Waals surface area contributed by atoms with Crippen molar-refractivity contribution in [3.8, 4) is 11.5 Å². The first-order valence-corrected chi connectivity index (χ1v) is 10.5. The topological polar surface area (TPSA) is 85.1 Å². The molecule has 1 fully saturated rings. The highest BCUT2D eigenvalue weighted by molar-refractivity contribution is 5.95. The Morgan fingerprint density at radius 1 is 0.938 bits per heavy atom. The van der Waals surface area contributed by atoms with Crippen LogP contribution in [0.25, 0.3) is 16.6 Å². The Balaban J connectivity index is 1.39. The van der Waals surface area contributed by atoms with Gasteiger partial charge in [-0.3, -0.25) is 4.79 Å². The van der Waals surface area contributed by atoms with Gasteiger partial charge in [0.15, 0.2) is 17.1 Å². The fourth-order valence-electron chi connectivity index (χ4n) is 4.11. The normalized spacial score (nSPS) is 14.2. The number of para-hydroxylation sites is 1. The third kappa shape index (κ3) is 3.35. The van der Waals surface area contributed by atoms with E-state index in [0.717, 1.165) is 22.5 Å². The number of carbonyl (C=O) groups is 1. The van der Waals surface area contributed by atoms with Gasteiger partial charge in [0.2, 0.25) is 5.95 Å². The number of methoxy groups -OCH3 is 2. The molecule has 2 aromatic carbocycles. The van der Waals surface area contributed by atoms with Gasteiger partial charge in [-0.25, -0.2) is 9.97 Å². The summed E-state index contributed by atoms with van der Waals surface area (Å²) < 4.78 is 12.4. The van der Waals surface area contributed by atoms with Crippen molar-refractivity contribution in [3.63, 3.8) is 0 Å². The van der Waals surface area contributed by atoms with Gasteiger partial charge in [0.1, 0.15) is 5.82 Å². The van der Waals surface area contributed by atoms with Crippen LogP contribution in [0.2, 0.25) is 0 Å². The van der Waals surface area contributed by atoms with Crippen molar-refractivity contribution in [3.05, 3.63) is 53.9 Å². The largest absolute Gasteiger partial charge is 0.493 e. The summed E-state index contributed by atoms with van der Waals surface area (Å²) in [5.41, 5.74) is 2.26. The van der Waals surface area contributed by atoms with E-state index < -0.39 is 0 Å². The lowest BCUT2D eigenvalue weighted by Gasteiger charge is -2.35. The summed E-state index contributed by atoms with van der Waals surface area (Å²) in [5, 5.41) is 5.54. The first kappa shape index (κ1) is 20.0. The van der Waals surface area contributed by atoms with Crippen molar-refractivity contribution in [2.45, 2.75) is 6.92 Å². The number of aromatic nitrogens is 4. The molecule has 0 N–H and O–H groups in total. The van der Waals surface area contributed by atoms with Gasteiger partial charge in [0.25, 0.3) is 5.91 Å². The van der Waals surface area contributed by atoms with Crippen LogP contribution in [0.3, 0.4) is 0 Å². The van der Waals surface area contributed by atoms with Crippen LogP contribution in [-0.2, 0) is 0 Å². The van der Waals surface area contributed by atoms with Gasteiger partial charge in [-0.15, -0.1) is 5.10 Å². The molecule has 0 saturated carbocycles. The molecule has 0 unspecified atom stereocenters. The third-order valence-electron chi connectivity index (χ3n) is 5.75. The highest BCUT2D eigenvalue weighted by Gasteiger charge is 2.26. The number of aryl methyl sites for hydroxylation is 1. The standard InChI is InChI=1S/C23H24N6O3/c1-15-24-21-17-6-4-5-7-18(17)25-23(29(21)26-15)28-12-10-27(11-13-28)22(30)16-8-9-19(31-2)20(14-16)32-3/h4-9,14H,10-13H2,1-3H3. The van der Waals surface area contributed by atoms with Gasteiger partial charge >= 0.3 is 0 Å². The second kappa shape index (κ2) is 7.99. The highest BCUT2D eigenvalue weighted by Crippen LogP contribution is 2.28. The zero-order chi connectivity index (χ0) is 22.2. The SMILES string of the molecule is COc1ccc(C(=O)N2CCN(c3nc4ccccc4c4nc(C)nn34)CC2)cc1OC. The van der Waals surface area contributed by atoms with Crippen molar-refractivity contribution in [1.82, 2.24) is 24.5 Å². The minimum atomic E-state index is -0.0289. The molecule has 0 atom stereocenters. The molecule has 0 spiro atoms. The van der Waals surface area contributed by atoms with Crippen molar-refractivity contribution < 1.29 is 14.3 Å². The molecule has 3 heterocycles. The molecule has 1 aliphatic rings. The second-order valence-electron chi connectivity index (χ2n) is 7.67. The number of amides is 1. The predicted octanol–water partition coefficient (Wildman–Crippen LogP) is 2.57. The van der Waals surface area contributed by atoms with E-state index in [0.29, 0.717) is 49.1 Å². The van der Waals surface area contributed by atoms with Gasteiger partial charge in [-0.1, -0.05) is 12.1 Å². The summed E-state index contributed by atoms with van der Waals surface area (Å²) in [7, 11) is 3.14. The monoisotopic (exact) mass is 432 g/mol. The Morgan fingerprint density at radius 3 is 2.44 bits per heavy atom. The smallest absolute Gasteiger partial charge is 0.254 e. The average molecular weight is 432 g/mol. The Bertz CT molecular complexity index is 1310. The van der Waals surface area contributed by atoms with E-state index in [1.807, 2.05) is 40.6 Å². The van der Waals surface area contributed by atoms with Crippen LogP contribution in [0, 0.1) is 6.92 Å². The Hall–Kier alpha value is -3.88. The number of anilines is 1. The quantitative estimate of drug-likeness (QED) is 0.490. The number of ether oxygens (including phenoxy) is 2. The number of piperazine rings is 1. The minimum absolute atomic E-state index is 0.0289. The van der Waals surface area contributed by atoms with Crippen LogP contribution in [0.15, 0.2) is 42.5 Å². The molecule has 0 radical (unpaired) electrons. The van der Waals surface area contributed by atoms with Crippen molar-refractivity contribution in [2.24, 2.45) is 0 Å². The number of carbonyl (C=O) groups excluding carboxylic acids is 1. The molecule has 9 nitrogen and oxygen atoms in total. The van der Waals surface area contributed by atoms with Crippen molar-refractivity contribution in [2.75, 3.05) is 45.3 Å². The fourth-order valence-corrected chi connectivity index (χ4v) is 4.11. The summed E-state index contributed by atoms with van der Waals surface area (Å²) >= 11 is 0. The Kier molecular flexibility index (Phi) is 5.01. The molecule has 4 aromatic rings. The molecular formula is C23H24N6O3. The maximum atomic E-state index is 13.1. The number of nitrogens with zero attached hydrogens (tertiary/aromatic N) is 6. The number of fused-ring (bicyclic) bond motifs is 3. The molecule has 164 valence electrons. The summed E-state index contributed by atoms with van der Waals surface area (Å²) in [4.78, 5) is 26.5. The van der Waals surface area contributed by atoms with Crippen LogP contribution >= 0.6 is 0 Å². The van der Waals surface area contributed by atoms with Crippen LogP contribution in [0.5, 0.6) is 11.5 Å². The van der Waals surface area contributed by atoms with Gasteiger partial charge < -0.3 is 19.3 Å². The summed E-state index contributed by atoms with van der Waals surface area (Å²) in [6.45, 7) is 4.34. The summed E-state index contributed by atoms with van der Waals surface area (Å²) in [6.07, 6.45) is 0. The predicted molar refractivity (Wildman–Crippen MR) is 121 cm³/mol. The molecule has 32 heavy (non-hydrogen) atoms. The second-order valence-corrected chi connectivity index (χ2v) is 7.67. The molecule has 0 aliphatic carbocycles. The molecular weight excluding hydrogens is 408 g/mol. The maximum Gasteiger partial charge on any atom is 0.254 e. The van der Waals surface area contributed by atoms with E-state index in [9.17, 15) is 4.79 Å². The van der Waals surface area contributed by atoms with E-state index in [1.54, 1.807) is 32.4 Å². The molecule has 0 bridgehead atoms. The van der Waals surface area contributed by atoms with Crippen molar-refractivity contribution in [1.29, 1.82) is 0 Å². The van der Waals surface area contributed by atoms with E-state index in [-0.39, 0.29) is 5.91 Å². The maximum absolute atomic E-state index is 13.1. The van der Waals surface area contributed by atoms with E-state index >= 15 is 0 Å². The van der Waals surface area contributed by atoms with Gasteiger partial charge in [0.05, 0.1) is 19.7 Å². The van der Waals surface area contributed by atoms with Gasteiger partial charge in [-0.05, 0) is 37.3 Å². The molecule has 1 aliphatic heterocycles. The first-order valence-electron chi connectivity index (χ1n) is 10.5. The lowest BCUT2D eigenvalue weighted by molar-refractivity contribution is 0.0745. The van der Waals surface area contributed by atoms with Crippen LogP contribution in [0.1, 0.15) is 16.2 Å². The molecule has 5 rings (SSSR count). The van der Waals surface area contributed by atoms with E-state index in [4.69, 9.17) is 14.5 Å². The Morgan fingerprint density at radius 2 is 1.69 bits per heavy atom. The summed E-state index contributed by atoms with van der Waals surface area (Å²) in [6, 6.07) is 13.2. The highest BCUT2D eigenvalue weighted by atomic mass is 16.5.